The van der Waals surface area contributed by atoms with Crippen molar-refractivity contribution in [1.29, 1.82) is 0 Å². The summed E-state index contributed by atoms with van der Waals surface area (Å²) in [5, 5.41) is 16.1. The van der Waals surface area contributed by atoms with E-state index in [0.29, 0.717) is 25.0 Å². The number of aromatic amines is 1. The van der Waals surface area contributed by atoms with Crippen molar-refractivity contribution in [2.24, 2.45) is 0 Å². The van der Waals surface area contributed by atoms with Crippen LogP contribution >= 0.6 is 0 Å². The van der Waals surface area contributed by atoms with E-state index in [-0.39, 0.29) is 11.5 Å². The Morgan fingerprint density at radius 3 is 2.64 bits per heavy atom. The highest BCUT2D eigenvalue weighted by Gasteiger charge is 2.36. The van der Waals surface area contributed by atoms with Crippen molar-refractivity contribution < 1.29 is 23.1 Å². The number of phenols is 1. The zero-order valence-electron chi connectivity index (χ0n) is 11.1. The predicted octanol–water partition coefficient (Wildman–Crippen LogP) is 1.77. The normalized spacial score (nSPS) is 15.7. The lowest BCUT2D eigenvalue weighted by Gasteiger charge is -2.38. The number of amides is 1. The number of carbonyl (C=O) groups excluding carboxylic acids is 1. The fourth-order valence-electron chi connectivity index (χ4n) is 2.29. The first-order valence-corrected chi connectivity index (χ1v) is 6.41. The minimum Gasteiger partial charge on any atom is -0.507 e. The minimum atomic E-state index is -4.56. The summed E-state index contributed by atoms with van der Waals surface area (Å²) in [5.74, 6) is -0.520. The third-order valence-electron chi connectivity index (χ3n) is 3.54. The number of phenolic OH excluding ortho intramolecular Hbond substituents is 1. The number of hydrogen-bond acceptors (Lipinski definition) is 4. The molecule has 1 aliphatic rings. The molecule has 0 spiro atoms. The molecular formula is C13H11F3N4O2. The monoisotopic (exact) mass is 312 g/mol. The molecule has 0 saturated carbocycles. The van der Waals surface area contributed by atoms with Crippen molar-refractivity contribution in [3.63, 3.8) is 0 Å². The number of nitrogens with zero attached hydrogens (tertiary/aromatic N) is 3. The highest BCUT2D eigenvalue weighted by atomic mass is 19.4. The van der Waals surface area contributed by atoms with Crippen molar-refractivity contribution in [3.8, 4) is 5.75 Å². The number of halogens is 3. The number of alkyl halides is 3. The standard InChI is InChI=1S/C13H11F3N4O2/c14-13(15,16)8-1-2-9(10(21)3-8)12(22)20-4-7(5-20)11-17-6-18-19-11/h1-3,6-7,21H,4-5H2,(H,17,18,19). The van der Waals surface area contributed by atoms with E-state index >= 15 is 0 Å². The first kappa shape index (κ1) is 14.4. The molecule has 2 heterocycles. The fourth-order valence-corrected chi connectivity index (χ4v) is 2.29. The highest BCUT2D eigenvalue weighted by Crippen LogP contribution is 2.34. The lowest BCUT2D eigenvalue weighted by atomic mass is 9.97. The van der Waals surface area contributed by atoms with Gasteiger partial charge in [-0.2, -0.15) is 18.3 Å². The molecule has 0 unspecified atom stereocenters. The molecule has 1 amide bonds. The molecule has 0 aliphatic carbocycles. The summed E-state index contributed by atoms with van der Waals surface area (Å²) in [6.07, 6.45) is -3.20. The SMILES string of the molecule is O=C(c1ccc(C(F)(F)F)cc1O)N1CC(c2ncn[nH]2)C1. The van der Waals surface area contributed by atoms with Gasteiger partial charge in [0.1, 0.15) is 17.9 Å². The summed E-state index contributed by atoms with van der Waals surface area (Å²) in [6.45, 7) is 0.739. The van der Waals surface area contributed by atoms with Gasteiger partial charge in [0.25, 0.3) is 5.91 Å². The maximum atomic E-state index is 12.5. The molecule has 2 N–H and O–H groups in total. The van der Waals surface area contributed by atoms with Crippen LogP contribution in [0, 0.1) is 0 Å². The Balaban J connectivity index is 1.71. The molecule has 9 heteroatoms. The van der Waals surface area contributed by atoms with Crippen molar-refractivity contribution in [2.45, 2.75) is 12.1 Å². The number of benzene rings is 1. The molecule has 1 aliphatic heterocycles. The van der Waals surface area contributed by atoms with Crippen molar-refractivity contribution in [1.82, 2.24) is 20.1 Å². The Morgan fingerprint density at radius 1 is 1.36 bits per heavy atom. The molecule has 0 radical (unpaired) electrons. The van der Waals surface area contributed by atoms with Gasteiger partial charge in [-0.25, -0.2) is 4.98 Å². The molecule has 1 aromatic carbocycles. The molecule has 0 atom stereocenters. The molecule has 3 rings (SSSR count). The van der Waals surface area contributed by atoms with Crippen LogP contribution in [0.4, 0.5) is 13.2 Å². The first-order valence-electron chi connectivity index (χ1n) is 6.41. The number of aromatic nitrogens is 3. The summed E-state index contributed by atoms with van der Waals surface area (Å²) < 4.78 is 37.6. The van der Waals surface area contributed by atoms with Gasteiger partial charge in [-0.15, -0.1) is 0 Å². The topological polar surface area (TPSA) is 82.1 Å². The highest BCUT2D eigenvalue weighted by molar-refractivity contribution is 5.97. The van der Waals surface area contributed by atoms with Crippen LogP contribution in [0.2, 0.25) is 0 Å². The van der Waals surface area contributed by atoms with Crippen LogP contribution in [0.15, 0.2) is 24.5 Å². The van der Waals surface area contributed by atoms with E-state index in [0.717, 1.165) is 12.1 Å². The third-order valence-corrected chi connectivity index (χ3v) is 3.54. The van der Waals surface area contributed by atoms with Crippen molar-refractivity contribution in [3.05, 3.63) is 41.5 Å². The maximum Gasteiger partial charge on any atom is 0.416 e. The summed E-state index contributed by atoms with van der Waals surface area (Å²) >= 11 is 0. The number of rotatable bonds is 2. The van der Waals surface area contributed by atoms with Gasteiger partial charge < -0.3 is 10.0 Å². The molecule has 1 fully saturated rings. The van der Waals surface area contributed by atoms with Crippen molar-refractivity contribution in [2.75, 3.05) is 13.1 Å². The van der Waals surface area contributed by atoms with E-state index in [9.17, 15) is 23.1 Å². The van der Waals surface area contributed by atoms with Crippen LogP contribution in [0.25, 0.3) is 0 Å². The van der Waals surface area contributed by atoms with Gasteiger partial charge in [0, 0.05) is 13.1 Å². The lowest BCUT2D eigenvalue weighted by molar-refractivity contribution is -0.137. The van der Waals surface area contributed by atoms with E-state index in [2.05, 4.69) is 15.2 Å². The second kappa shape index (κ2) is 5.00. The maximum absolute atomic E-state index is 12.5. The van der Waals surface area contributed by atoms with Gasteiger partial charge in [-0.1, -0.05) is 0 Å². The number of likely N-dealkylation sites (tertiary alicyclic amines) is 1. The Bertz CT molecular complexity index is 694. The van der Waals surface area contributed by atoms with E-state index < -0.39 is 23.4 Å². The van der Waals surface area contributed by atoms with Gasteiger partial charge >= 0.3 is 6.18 Å². The smallest absolute Gasteiger partial charge is 0.416 e. The summed E-state index contributed by atoms with van der Waals surface area (Å²) in [5.41, 5.74) is -1.14. The zero-order chi connectivity index (χ0) is 15.9. The van der Waals surface area contributed by atoms with Crippen LogP contribution in [0.1, 0.15) is 27.7 Å². The van der Waals surface area contributed by atoms with E-state index in [4.69, 9.17) is 0 Å². The molecule has 22 heavy (non-hydrogen) atoms. The average molecular weight is 312 g/mol. The van der Waals surface area contributed by atoms with Crippen LogP contribution in [0.3, 0.4) is 0 Å². The van der Waals surface area contributed by atoms with E-state index in [1.54, 1.807) is 0 Å². The number of H-pyrrole nitrogens is 1. The first-order chi connectivity index (χ1) is 10.4. The zero-order valence-corrected chi connectivity index (χ0v) is 11.1. The lowest BCUT2D eigenvalue weighted by Crippen LogP contribution is -2.48. The molecule has 6 nitrogen and oxygen atoms in total. The van der Waals surface area contributed by atoms with Crippen LogP contribution in [-0.4, -0.2) is 44.2 Å². The van der Waals surface area contributed by atoms with Gasteiger partial charge in [0.05, 0.1) is 17.0 Å². The predicted molar refractivity (Wildman–Crippen MR) is 68.1 cm³/mol. The van der Waals surface area contributed by atoms with Gasteiger partial charge in [0.15, 0.2) is 0 Å². The van der Waals surface area contributed by atoms with Crippen LogP contribution in [0.5, 0.6) is 5.75 Å². The van der Waals surface area contributed by atoms with Crippen molar-refractivity contribution >= 4 is 5.91 Å². The molecule has 0 bridgehead atoms. The number of hydrogen-bond donors (Lipinski definition) is 2. The second-order valence-electron chi connectivity index (χ2n) is 5.01. The van der Waals surface area contributed by atoms with Crippen LogP contribution in [-0.2, 0) is 6.18 Å². The Labute approximate surface area is 122 Å². The van der Waals surface area contributed by atoms with Gasteiger partial charge in [-0.05, 0) is 18.2 Å². The van der Waals surface area contributed by atoms with Crippen LogP contribution < -0.4 is 0 Å². The quantitative estimate of drug-likeness (QED) is 0.885. The molecule has 116 valence electrons. The largest absolute Gasteiger partial charge is 0.507 e. The number of carbonyl (C=O) groups is 1. The Hall–Kier alpha value is -2.58. The molecule has 2 aromatic rings. The fraction of sp³-hybridized carbons (Fsp3) is 0.308. The average Bonchev–Trinajstić information content (AvgIpc) is 2.89. The molecular weight excluding hydrogens is 301 g/mol. The Kier molecular flexibility index (Phi) is 3.27. The summed E-state index contributed by atoms with van der Waals surface area (Å²) in [7, 11) is 0. The summed E-state index contributed by atoms with van der Waals surface area (Å²) in [6, 6.07) is 2.32. The van der Waals surface area contributed by atoms with Gasteiger partial charge in [-0.3, -0.25) is 9.89 Å². The number of aromatic hydroxyl groups is 1. The number of nitrogens with one attached hydrogen (secondary N) is 1. The Morgan fingerprint density at radius 2 is 2.09 bits per heavy atom. The van der Waals surface area contributed by atoms with Gasteiger partial charge in [0.2, 0.25) is 0 Å². The third kappa shape index (κ3) is 2.49. The minimum absolute atomic E-state index is 0.0167. The summed E-state index contributed by atoms with van der Waals surface area (Å²) in [4.78, 5) is 17.6. The van der Waals surface area contributed by atoms with E-state index in [1.807, 2.05) is 0 Å². The molecule has 1 aromatic heterocycles. The molecule has 1 saturated heterocycles. The second-order valence-corrected chi connectivity index (χ2v) is 5.01. The van der Waals surface area contributed by atoms with E-state index in [1.165, 1.54) is 11.2 Å².